The maximum atomic E-state index is 13.0. The Morgan fingerprint density at radius 3 is 2.52 bits per heavy atom. The smallest absolute Gasteiger partial charge is 0.289 e. The fraction of sp³-hybridized carbons (Fsp3) is 0.320. The van der Waals surface area contributed by atoms with Gasteiger partial charge in [-0.3, -0.25) is 4.79 Å². The van der Waals surface area contributed by atoms with Crippen LogP contribution in [0.4, 0.5) is 5.82 Å². The van der Waals surface area contributed by atoms with Crippen molar-refractivity contribution in [3.63, 3.8) is 0 Å². The van der Waals surface area contributed by atoms with Crippen LogP contribution in [0.5, 0.6) is 0 Å². The first-order valence-electron chi connectivity index (χ1n) is 11.0. The van der Waals surface area contributed by atoms with Gasteiger partial charge in [-0.2, -0.15) is 0 Å². The van der Waals surface area contributed by atoms with E-state index in [1.807, 2.05) is 55.5 Å². The molecule has 2 aromatic carbocycles. The van der Waals surface area contributed by atoms with Crippen LogP contribution in [0, 0.1) is 6.92 Å². The Bertz CT molecular complexity index is 1220. The summed E-state index contributed by atoms with van der Waals surface area (Å²) in [6.45, 7) is 4.30. The van der Waals surface area contributed by atoms with Crippen molar-refractivity contribution in [1.82, 2.24) is 15.3 Å². The molecule has 1 fully saturated rings. The standard InChI is InChI=1S/C25H26N4O2/c1-17-10-12-18(13-11-17)16-26-25(30)23-27-21-19-8-4-5-9-20(19)31-22(21)24(28-23)29-14-6-2-3-7-15-29/h4-5,8-13H,2-3,6-7,14-16H2,1H3,(H,26,30). The molecule has 3 heterocycles. The van der Waals surface area contributed by atoms with Crippen molar-refractivity contribution < 1.29 is 9.21 Å². The molecular weight excluding hydrogens is 388 g/mol. The van der Waals surface area contributed by atoms with Gasteiger partial charge in [0, 0.05) is 25.0 Å². The lowest BCUT2D eigenvalue weighted by atomic mass is 10.1. The topological polar surface area (TPSA) is 71.3 Å². The van der Waals surface area contributed by atoms with E-state index in [-0.39, 0.29) is 11.7 Å². The number of benzene rings is 2. The third kappa shape index (κ3) is 3.98. The Hall–Kier alpha value is -3.41. The van der Waals surface area contributed by atoms with E-state index in [1.54, 1.807) is 0 Å². The minimum absolute atomic E-state index is 0.186. The van der Waals surface area contributed by atoms with Crippen LogP contribution in [0.3, 0.4) is 0 Å². The van der Waals surface area contributed by atoms with E-state index in [1.165, 1.54) is 18.4 Å². The Balaban J connectivity index is 1.53. The summed E-state index contributed by atoms with van der Waals surface area (Å²) in [5.41, 5.74) is 4.36. The van der Waals surface area contributed by atoms with Crippen molar-refractivity contribution in [1.29, 1.82) is 0 Å². The average Bonchev–Trinajstić information content (AvgIpc) is 2.96. The lowest BCUT2D eigenvalue weighted by molar-refractivity contribution is 0.0941. The highest BCUT2D eigenvalue weighted by Crippen LogP contribution is 2.33. The lowest BCUT2D eigenvalue weighted by Gasteiger charge is -2.21. The zero-order valence-electron chi connectivity index (χ0n) is 17.7. The Morgan fingerprint density at radius 1 is 1.00 bits per heavy atom. The van der Waals surface area contributed by atoms with Crippen molar-refractivity contribution in [2.45, 2.75) is 39.2 Å². The van der Waals surface area contributed by atoms with Crippen molar-refractivity contribution in [3.05, 3.63) is 65.5 Å². The van der Waals surface area contributed by atoms with Crippen LogP contribution < -0.4 is 10.2 Å². The summed E-state index contributed by atoms with van der Waals surface area (Å²) < 4.78 is 6.15. The van der Waals surface area contributed by atoms with Gasteiger partial charge in [-0.05, 0) is 37.5 Å². The van der Waals surface area contributed by atoms with E-state index >= 15 is 0 Å². The van der Waals surface area contributed by atoms with E-state index in [9.17, 15) is 4.79 Å². The van der Waals surface area contributed by atoms with Gasteiger partial charge in [0.1, 0.15) is 11.1 Å². The predicted molar refractivity (Wildman–Crippen MR) is 122 cm³/mol. The first-order chi connectivity index (χ1) is 15.2. The Labute approximate surface area is 181 Å². The SMILES string of the molecule is Cc1ccc(CNC(=O)c2nc(N3CCCCCC3)c3oc4ccccc4c3n2)cc1. The largest absolute Gasteiger partial charge is 0.450 e. The molecule has 0 bridgehead atoms. The molecule has 1 saturated heterocycles. The van der Waals surface area contributed by atoms with Gasteiger partial charge in [-0.25, -0.2) is 9.97 Å². The van der Waals surface area contributed by atoms with E-state index in [0.717, 1.165) is 48.3 Å². The Morgan fingerprint density at radius 2 is 1.74 bits per heavy atom. The molecule has 31 heavy (non-hydrogen) atoms. The summed E-state index contributed by atoms with van der Waals surface area (Å²) in [7, 11) is 0. The number of carbonyl (C=O) groups excluding carboxylic acids is 1. The van der Waals surface area contributed by atoms with Gasteiger partial charge >= 0.3 is 0 Å². The van der Waals surface area contributed by atoms with Crippen molar-refractivity contribution in [2.75, 3.05) is 18.0 Å². The first kappa shape index (κ1) is 19.5. The van der Waals surface area contributed by atoms with Gasteiger partial charge in [0.25, 0.3) is 5.91 Å². The molecule has 6 heteroatoms. The molecule has 1 aliphatic heterocycles. The normalized spacial score (nSPS) is 14.7. The highest BCUT2D eigenvalue weighted by molar-refractivity contribution is 6.07. The molecular formula is C25H26N4O2. The fourth-order valence-corrected chi connectivity index (χ4v) is 4.14. The van der Waals surface area contributed by atoms with Crippen LogP contribution in [-0.4, -0.2) is 29.0 Å². The molecule has 0 spiro atoms. The summed E-state index contributed by atoms with van der Waals surface area (Å²) in [6, 6.07) is 15.9. The summed E-state index contributed by atoms with van der Waals surface area (Å²) in [6.07, 6.45) is 4.66. The van der Waals surface area contributed by atoms with Crippen LogP contribution in [0.25, 0.3) is 22.1 Å². The second kappa shape index (κ2) is 8.38. The van der Waals surface area contributed by atoms with Gasteiger partial charge in [0.2, 0.25) is 5.82 Å². The number of aromatic nitrogens is 2. The van der Waals surface area contributed by atoms with Crippen molar-refractivity contribution in [2.24, 2.45) is 0 Å². The first-order valence-corrected chi connectivity index (χ1v) is 11.0. The van der Waals surface area contributed by atoms with Crippen LogP contribution in [0.2, 0.25) is 0 Å². The van der Waals surface area contributed by atoms with Crippen LogP contribution in [0.15, 0.2) is 52.9 Å². The average molecular weight is 415 g/mol. The number of anilines is 1. The summed E-state index contributed by atoms with van der Waals surface area (Å²) in [5.74, 6) is 0.637. The molecule has 0 unspecified atom stereocenters. The molecule has 1 amide bonds. The van der Waals surface area contributed by atoms with Gasteiger partial charge in [-0.15, -0.1) is 0 Å². The molecule has 158 valence electrons. The zero-order valence-corrected chi connectivity index (χ0v) is 17.7. The zero-order chi connectivity index (χ0) is 21.2. The molecule has 0 saturated carbocycles. The number of fused-ring (bicyclic) bond motifs is 3. The van der Waals surface area contributed by atoms with E-state index < -0.39 is 0 Å². The van der Waals surface area contributed by atoms with Crippen molar-refractivity contribution in [3.8, 4) is 0 Å². The van der Waals surface area contributed by atoms with E-state index in [2.05, 4.69) is 15.2 Å². The molecule has 5 rings (SSSR count). The molecule has 6 nitrogen and oxygen atoms in total. The number of hydrogen-bond acceptors (Lipinski definition) is 5. The number of hydrogen-bond donors (Lipinski definition) is 1. The fourth-order valence-electron chi connectivity index (χ4n) is 4.14. The minimum atomic E-state index is -0.274. The molecule has 0 radical (unpaired) electrons. The number of nitrogens with zero attached hydrogens (tertiary/aromatic N) is 3. The van der Waals surface area contributed by atoms with Crippen molar-refractivity contribution >= 4 is 33.8 Å². The molecule has 1 aliphatic rings. The monoisotopic (exact) mass is 414 g/mol. The van der Waals surface area contributed by atoms with Gasteiger partial charge < -0.3 is 14.6 Å². The van der Waals surface area contributed by atoms with Gasteiger partial charge in [0.15, 0.2) is 11.4 Å². The maximum absolute atomic E-state index is 13.0. The molecule has 0 aliphatic carbocycles. The number of para-hydroxylation sites is 1. The summed E-state index contributed by atoms with van der Waals surface area (Å²) in [4.78, 5) is 24.6. The second-order valence-corrected chi connectivity index (χ2v) is 8.22. The Kier molecular flexibility index (Phi) is 5.28. The summed E-state index contributed by atoms with van der Waals surface area (Å²) in [5, 5.41) is 3.88. The molecule has 2 aromatic heterocycles. The summed E-state index contributed by atoms with van der Waals surface area (Å²) >= 11 is 0. The highest BCUT2D eigenvalue weighted by atomic mass is 16.3. The van der Waals surface area contributed by atoms with E-state index in [4.69, 9.17) is 9.40 Å². The van der Waals surface area contributed by atoms with Crippen LogP contribution >= 0.6 is 0 Å². The molecule has 0 atom stereocenters. The van der Waals surface area contributed by atoms with E-state index in [0.29, 0.717) is 17.6 Å². The number of rotatable bonds is 4. The third-order valence-electron chi connectivity index (χ3n) is 5.88. The second-order valence-electron chi connectivity index (χ2n) is 8.22. The number of nitrogens with one attached hydrogen (secondary N) is 1. The number of furan rings is 1. The quantitative estimate of drug-likeness (QED) is 0.509. The predicted octanol–water partition coefficient (Wildman–Crippen LogP) is 4.99. The minimum Gasteiger partial charge on any atom is -0.450 e. The highest BCUT2D eigenvalue weighted by Gasteiger charge is 2.23. The number of amides is 1. The van der Waals surface area contributed by atoms with Crippen LogP contribution in [0.1, 0.15) is 47.4 Å². The number of carbonyl (C=O) groups is 1. The number of aryl methyl sites for hydroxylation is 1. The maximum Gasteiger partial charge on any atom is 0.289 e. The van der Waals surface area contributed by atoms with Gasteiger partial charge in [-0.1, -0.05) is 54.8 Å². The van der Waals surface area contributed by atoms with Gasteiger partial charge in [0.05, 0.1) is 0 Å². The third-order valence-corrected chi connectivity index (χ3v) is 5.88. The molecule has 1 N–H and O–H groups in total. The lowest BCUT2D eigenvalue weighted by Crippen LogP contribution is -2.29. The van der Waals surface area contributed by atoms with Crippen LogP contribution in [-0.2, 0) is 6.54 Å². The molecule has 4 aromatic rings.